The van der Waals surface area contributed by atoms with Gasteiger partial charge >= 0.3 is 0 Å². The Bertz CT molecular complexity index is 459. The van der Waals surface area contributed by atoms with Gasteiger partial charge < -0.3 is 10.3 Å². The fourth-order valence-corrected chi connectivity index (χ4v) is 3.40. The third-order valence-electron chi connectivity index (χ3n) is 3.49. The zero-order valence-corrected chi connectivity index (χ0v) is 11.8. The number of nitrogens with one attached hydrogen (secondary N) is 2. The first kappa shape index (κ1) is 12.8. The highest BCUT2D eigenvalue weighted by Crippen LogP contribution is 2.29. The van der Waals surface area contributed by atoms with E-state index in [1.165, 1.54) is 30.6 Å². The van der Waals surface area contributed by atoms with Crippen molar-refractivity contribution < 1.29 is 4.79 Å². The van der Waals surface area contributed by atoms with Gasteiger partial charge in [-0.15, -0.1) is 11.3 Å². The first-order chi connectivity index (χ1) is 8.06. The number of carbonyl (C=O) groups excluding carboxylic acids is 1. The second kappa shape index (κ2) is 5.31. The summed E-state index contributed by atoms with van der Waals surface area (Å²) in [5, 5.41) is 3.09. The van der Waals surface area contributed by atoms with Crippen molar-refractivity contribution >= 4 is 29.5 Å². The van der Waals surface area contributed by atoms with E-state index in [9.17, 15) is 4.79 Å². The van der Waals surface area contributed by atoms with Gasteiger partial charge in [-0.2, -0.15) is 0 Å². The standard InChI is InChI=1S/C12H18N2OS2/c1-7(9-4-3-5-9)13-11(15)6-10-8(2)14-12(16)17-10/h7,9H,3-6H2,1-2H3,(H,13,15)(H,14,16). The zero-order chi connectivity index (χ0) is 12.4. The van der Waals surface area contributed by atoms with Gasteiger partial charge in [-0.25, -0.2) is 0 Å². The maximum Gasteiger partial charge on any atom is 0.225 e. The average Bonchev–Trinajstić information content (AvgIpc) is 2.41. The highest BCUT2D eigenvalue weighted by atomic mass is 32.1. The van der Waals surface area contributed by atoms with Gasteiger partial charge in [-0.05, 0) is 44.8 Å². The van der Waals surface area contributed by atoms with Crippen molar-refractivity contribution in [3.8, 4) is 0 Å². The quantitative estimate of drug-likeness (QED) is 0.826. The minimum absolute atomic E-state index is 0.109. The van der Waals surface area contributed by atoms with Gasteiger partial charge in [-0.1, -0.05) is 6.42 Å². The van der Waals surface area contributed by atoms with Crippen molar-refractivity contribution in [1.82, 2.24) is 10.3 Å². The number of H-pyrrole nitrogens is 1. The number of aryl methyl sites for hydroxylation is 1. The molecule has 0 saturated heterocycles. The van der Waals surface area contributed by atoms with Crippen molar-refractivity contribution in [2.24, 2.45) is 5.92 Å². The molecular weight excluding hydrogens is 252 g/mol. The summed E-state index contributed by atoms with van der Waals surface area (Å²) in [4.78, 5) is 16.0. The Morgan fingerprint density at radius 1 is 1.65 bits per heavy atom. The predicted molar refractivity (Wildman–Crippen MR) is 72.9 cm³/mol. The van der Waals surface area contributed by atoms with Gasteiger partial charge in [0.25, 0.3) is 0 Å². The molecule has 0 radical (unpaired) electrons. The van der Waals surface area contributed by atoms with Crippen molar-refractivity contribution in [3.63, 3.8) is 0 Å². The normalized spacial score (nSPS) is 17.5. The van der Waals surface area contributed by atoms with Gasteiger partial charge in [0.1, 0.15) is 0 Å². The first-order valence-corrected chi connectivity index (χ1v) is 7.26. The van der Waals surface area contributed by atoms with Crippen LogP contribution in [0.1, 0.15) is 36.8 Å². The Kier molecular flexibility index (Phi) is 3.99. The Balaban J connectivity index is 1.88. The third-order valence-corrected chi connectivity index (χ3v) is 4.83. The molecule has 1 aromatic heterocycles. The summed E-state index contributed by atoms with van der Waals surface area (Å²) in [6.45, 7) is 4.07. The molecule has 1 aliphatic carbocycles. The number of aromatic nitrogens is 1. The Morgan fingerprint density at radius 3 is 2.82 bits per heavy atom. The molecule has 3 nitrogen and oxygen atoms in total. The summed E-state index contributed by atoms with van der Waals surface area (Å²) in [5.74, 6) is 0.794. The first-order valence-electron chi connectivity index (χ1n) is 6.04. The lowest BCUT2D eigenvalue weighted by atomic mass is 9.80. The number of aromatic amines is 1. The van der Waals surface area contributed by atoms with Crippen LogP contribution in [0.4, 0.5) is 0 Å². The van der Waals surface area contributed by atoms with Crippen LogP contribution in [0.5, 0.6) is 0 Å². The summed E-state index contributed by atoms with van der Waals surface area (Å²) in [6.07, 6.45) is 4.26. The van der Waals surface area contributed by atoms with E-state index in [4.69, 9.17) is 12.2 Å². The maximum absolute atomic E-state index is 11.9. The molecule has 1 unspecified atom stereocenters. The molecule has 0 aromatic carbocycles. The number of hydrogen-bond acceptors (Lipinski definition) is 3. The smallest absolute Gasteiger partial charge is 0.225 e. The molecule has 1 aromatic rings. The molecule has 5 heteroatoms. The van der Waals surface area contributed by atoms with E-state index in [1.54, 1.807) is 0 Å². The van der Waals surface area contributed by atoms with E-state index in [-0.39, 0.29) is 5.91 Å². The van der Waals surface area contributed by atoms with Gasteiger partial charge in [0, 0.05) is 16.6 Å². The highest BCUT2D eigenvalue weighted by Gasteiger charge is 2.25. The number of thiazole rings is 1. The summed E-state index contributed by atoms with van der Waals surface area (Å²) in [5.41, 5.74) is 1.02. The zero-order valence-electron chi connectivity index (χ0n) is 10.2. The third kappa shape index (κ3) is 3.16. The molecule has 2 rings (SSSR count). The lowest BCUT2D eigenvalue weighted by Crippen LogP contribution is -2.41. The number of amides is 1. The summed E-state index contributed by atoms with van der Waals surface area (Å²) in [6, 6.07) is 0.309. The molecule has 17 heavy (non-hydrogen) atoms. The van der Waals surface area contributed by atoms with Crippen LogP contribution in [-0.4, -0.2) is 16.9 Å². The van der Waals surface area contributed by atoms with Crippen LogP contribution >= 0.6 is 23.6 Å². The summed E-state index contributed by atoms with van der Waals surface area (Å²) in [7, 11) is 0. The molecule has 2 N–H and O–H groups in total. The van der Waals surface area contributed by atoms with Gasteiger partial charge in [0.05, 0.1) is 6.42 Å². The predicted octanol–water partition coefficient (Wildman–Crippen LogP) is 2.96. The second-order valence-electron chi connectivity index (χ2n) is 4.79. The summed E-state index contributed by atoms with van der Waals surface area (Å²) < 4.78 is 0.748. The molecule has 1 heterocycles. The van der Waals surface area contributed by atoms with Gasteiger partial charge in [-0.3, -0.25) is 4.79 Å². The molecule has 0 aliphatic heterocycles. The Hall–Kier alpha value is -0.680. The van der Waals surface area contributed by atoms with Crippen LogP contribution < -0.4 is 5.32 Å². The molecule has 1 atom stereocenters. The lowest BCUT2D eigenvalue weighted by Gasteiger charge is -2.31. The molecule has 0 bridgehead atoms. The molecule has 94 valence electrons. The fraction of sp³-hybridized carbons (Fsp3) is 0.667. The number of carbonyl (C=O) groups is 1. The molecule has 1 saturated carbocycles. The lowest BCUT2D eigenvalue weighted by molar-refractivity contribution is -0.121. The topological polar surface area (TPSA) is 44.9 Å². The SMILES string of the molecule is Cc1[nH]c(=S)sc1CC(=O)NC(C)C1CCC1. The Labute approximate surface area is 111 Å². The van der Waals surface area contributed by atoms with Crippen LogP contribution in [0.15, 0.2) is 0 Å². The maximum atomic E-state index is 11.9. The molecular formula is C12H18N2OS2. The monoisotopic (exact) mass is 270 g/mol. The van der Waals surface area contributed by atoms with E-state index in [0.29, 0.717) is 18.4 Å². The second-order valence-corrected chi connectivity index (χ2v) is 6.56. The average molecular weight is 270 g/mol. The highest BCUT2D eigenvalue weighted by molar-refractivity contribution is 7.73. The largest absolute Gasteiger partial charge is 0.353 e. The number of hydrogen-bond donors (Lipinski definition) is 2. The van der Waals surface area contributed by atoms with E-state index < -0.39 is 0 Å². The van der Waals surface area contributed by atoms with Crippen LogP contribution in [0, 0.1) is 16.8 Å². The minimum atomic E-state index is 0.109. The van der Waals surface area contributed by atoms with Gasteiger partial charge in [0.2, 0.25) is 5.91 Å². The van der Waals surface area contributed by atoms with E-state index in [0.717, 1.165) is 14.5 Å². The fourth-order valence-electron chi connectivity index (χ4n) is 2.11. The van der Waals surface area contributed by atoms with Crippen molar-refractivity contribution in [1.29, 1.82) is 0 Å². The van der Waals surface area contributed by atoms with Gasteiger partial charge in [0.15, 0.2) is 3.95 Å². The van der Waals surface area contributed by atoms with Crippen LogP contribution in [0.25, 0.3) is 0 Å². The van der Waals surface area contributed by atoms with E-state index in [1.807, 2.05) is 6.92 Å². The van der Waals surface area contributed by atoms with Crippen molar-refractivity contribution in [3.05, 3.63) is 14.5 Å². The number of rotatable bonds is 4. The molecule has 0 spiro atoms. The van der Waals surface area contributed by atoms with Crippen LogP contribution in [0.3, 0.4) is 0 Å². The van der Waals surface area contributed by atoms with Crippen LogP contribution in [-0.2, 0) is 11.2 Å². The molecule has 1 amide bonds. The van der Waals surface area contributed by atoms with E-state index >= 15 is 0 Å². The van der Waals surface area contributed by atoms with Crippen LogP contribution in [0.2, 0.25) is 0 Å². The molecule has 1 aliphatic rings. The van der Waals surface area contributed by atoms with E-state index in [2.05, 4.69) is 17.2 Å². The van der Waals surface area contributed by atoms with Crippen molar-refractivity contribution in [2.45, 2.75) is 45.6 Å². The van der Waals surface area contributed by atoms with Crippen molar-refractivity contribution in [2.75, 3.05) is 0 Å². The molecule has 1 fully saturated rings. The summed E-state index contributed by atoms with van der Waals surface area (Å²) >= 11 is 6.56. The minimum Gasteiger partial charge on any atom is -0.353 e. The Morgan fingerprint density at radius 2 is 2.35 bits per heavy atom.